The maximum atomic E-state index is 14.3. The van der Waals surface area contributed by atoms with Gasteiger partial charge in [0.25, 0.3) is 10.0 Å². The zero-order valence-corrected chi connectivity index (χ0v) is 26.6. The van der Waals surface area contributed by atoms with Crippen molar-refractivity contribution >= 4 is 27.5 Å². The summed E-state index contributed by atoms with van der Waals surface area (Å²) < 4.78 is 34.8. The van der Waals surface area contributed by atoms with Crippen molar-refractivity contribution in [2.24, 2.45) is 0 Å². The first-order valence-electron chi connectivity index (χ1n) is 14.9. The molecule has 0 bridgehead atoms. The lowest BCUT2D eigenvalue weighted by Gasteiger charge is -2.34. The van der Waals surface area contributed by atoms with Gasteiger partial charge in [-0.25, -0.2) is 8.42 Å². The van der Waals surface area contributed by atoms with Gasteiger partial charge in [0, 0.05) is 12.6 Å². The van der Waals surface area contributed by atoms with Gasteiger partial charge in [0.05, 0.1) is 17.7 Å². The van der Waals surface area contributed by atoms with Crippen molar-refractivity contribution in [3.05, 3.63) is 89.0 Å². The van der Waals surface area contributed by atoms with Crippen molar-refractivity contribution in [2.45, 2.75) is 83.3 Å². The highest BCUT2D eigenvalue weighted by atomic mass is 32.2. The zero-order valence-electron chi connectivity index (χ0n) is 25.8. The number of carbonyl (C=O) groups is 2. The summed E-state index contributed by atoms with van der Waals surface area (Å²) in [6, 6.07) is 18.7. The van der Waals surface area contributed by atoms with E-state index in [1.54, 1.807) is 43.5 Å². The van der Waals surface area contributed by atoms with Gasteiger partial charge in [0.1, 0.15) is 18.3 Å². The molecule has 1 atom stereocenters. The van der Waals surface area contributed by atoms with E-state index in [4.69, 9.17) is 4.74 Å². The van der Waals surface area contributed by atoms with E-state index >= 15 is 0 Å². The van der Waals surface area contributed by atoms with Crippen LogP contribution in [0.2, 0.25) is 0 Å². The number of rotatable bonds is 12. The molecule has 0 heterocycles. The number of aryl methyl sites for hydroxylation is 3. The lowest BCUT2D eigenvalue weighted by Crippen LogP contribution is -2.53. The SMILES string of the molecule is CCC(C(=O)NC1CCCC1)N(Cc1cccc(OC)c1)C(=O)CN(c1cc(C)cc(C)c1)S(=O)(=O)c1ccc(C)cc1. The van der Waals surface area contributed by atoms with E-state index in [0.29, 0.717) is 17.9 Å². The summed E-state index contributed by atoms with van der Waals surface area (Å²) >= 11 is 0. The zero-order chi connectivity index (χ0) is 31.1. The molecule has 43 heavy (non-hydrogen) atoms. The van der Waals surface area contributed by atoms with Gasteiger partial charge in [-0.15, -0.1) is 0 Å². The number of nitrogens with one attached hydrogen (secondary N) is 1. The number of sulfonamides is 1. The van der Waals surface area contributed by atoms with Crippen molar-refractivity contribution in [2.75, 3.05) is 18.0 Å². The van der Waals surface area contributed by atoms with Gasteiger partial charge >= 0.3 is 0 Å². The van der Waals surface area contributed by atoms with Crippen LogP contribution in [0.3, 0.4) is 0 Å². The van der Waals surface area contributed by atoms with E-state index in [0.717, 1.165) is 47.9 Å². The standard InChI is InChI=1S/C34H43N3O5S/c1-6-32(34(39)35-28-11-7-8-12-28)36(22-27-10-9-13-30(21-27)42-5)33(38)23-37(29-19-25(3)18-26(4)20-29)43(40,41)31-16-14-24(2)15-17-31/h9-10,13-21,28,32H,6-8,11-12,22-23H2,1-5H3,(H,35,39). The number of carbonyl (C=O) groups excluding carboxylic acids is 2. The predicted octanol–water partition coefficient (Wildman–Crippen LogP) is 5.68. The summed E-state index contributed by atoms with van der Waals surface area (Å²) in [5.41, 5.74) is 3.86. The summed E-state index contributed by atoms with van der Waals surface area (Å²) in [5, 5.41) is 3.15. The molecule has 1 N–H and O–H groups in total. The molecule has 1 aliphatic rings. The maximum absolute atomic E-state index is 14.3. The highest BCUT2D eigenvalue weighted by Gasteiger charge is 2.34. The molecule has 3 aromatic rings. The van der Waals surface area contributed by atoms with Gasteiger partial charge in [-0.05, 0) is 93.1 Å². The van der Waals surface area contributed by atoms with Crippen LogP contribution in [-0.2, 0) is 26.2 Å². The lowest BCUT2D eigenvalue weighted by molar-refractivity contribution is -0.140. The first kappa shape index (κ1) is 32.1. The molecule has 3 aromatic carbocycles. The number of anilines is 1. The molecule has 1 fully saturated rings. The largest absolute Gasteiger partial charge is 0.497 e. The van der Waals surface area contributed by atoms with Crippen LogP contribution in [0.25, 0.3) is 0 Å². The number of nitrogens with zero attached hydrogens (tertiary/aromatic N) is 2. The molecule has 0 saturated heterocycles. The van der Waals surface area contributed by atoms with Gasteiger partial charge in [-0.1, -0.05) is 55.7 Å². The Balaban J connectivity index is 1.75. The molecular formula is C34H43N3O5S. The molecule has 1 aliphatic carbocycles. The van der Waals surface area contributed by atoms with E-state index in [1.165, 1.54) is 9.21 Å². The smallest absolute Gasteiger partial charge is 0.264 e. The van der Waals surface area contributed by atoms with Gasteiger partial charge in [0.2, 0.25) is 11.8 Å². The predicted molar refractivity (Wildman–Crippen MR) is 170 cm³/mol. The Morgan fingerprint density at radius 1 is 0.930 bits per heavy atom. The Labute approximate surface area is 256 Å². The maximum Gasteiger partial charge on any atom is 0.264 e. The van der Waals surface area contributed by atoms with E-state index < -0.39 is 28.5 Å². The Bertz CT molecular complexity index is 1510. The van der Waals surface area contributed by atoms with Crippen molar-refractivity contribution in [3.8, 4) is 5.75 Å². The number of benzene rings is 3. The summed E-state index contributed by atoms with van der Waals surface area (Å²) in [7, 11) is -2.55. The Hall–Kier alpha value is -3.85. The van der Waals surface area contributed by atoms with Crippen LogP contribution in [0, 0.1) is 20.8 Å². The van der Waals surface area contributed by atoms with Crippen LogP contribution in [-0.4, -0.2) is 50.9 Å². The first-order valence-corrected chi connectivity index (χ1v) is 16.4. The van der Waals surface area contributed by atoms with Gasteiger partial charge in [-0.2, -0.15) is 0 Å². The minimum atomic E-state index is -4.12. The second-order valence-electron chi connectivity index (χ2n) is 11.5. The first-order chi connectivity index (χ1) is 20.5. The van der Waals surface area contributed by atoms with E-state index in [9.17, 15) is 18.0 Å². The van der Waals surface area contributed by atoms with Crippen molar-refractivity contribution in [1.29, 1.82) is 0 Å². The summed E-state index contributed by atoms with van der Waals surface area (Å²) in [5.74, 6) is -0.0526. The van der Waals surface area contributed by atoms with Crippen LogP contribution >= 0.6 is 0 Å². The molecule has 8 nitrogen and oxygen atoms in total. The fourth-order valence-corrected chi connectivity index (χ4v) is 7.11. The Kier molecular flexibility index (Phi) is 10.5. The van der Waals surface area contributed by atoms with Crippen LogP contribution in [0.4, 0.5) is 5.69 Å². The molecule has 2 amide bonds. The summed E-state index contributed by atoms with van der Waals surface area (Å²) in [6.45, 7) is 7.21. The van der Waals surface area contributed by atoms with Gasteiger partial charge in [0.15, 0.2) is 0 Å². The van der Waals surface area contributed by atoms with Crippen LogP contribution < -0.4 is 14.4 Å². The molecule has 1 unspecified atom stereocenters. The molecule has 230 valence electrons. The molecule has 0 spiro atoms. The highest BCUT2D eigenvalue weighted by Crippen LogP contribution is 2.28. The Morgan fingerprint density at radius 2 is 1.58 bits per heavy atom. The molecule has 4 rings (SSSR count). The average molecular weight is 606 g/mol. The van der Waals surface area contributed by atoms with Crippen LogP contribution in [0.1, 0.15) is 61.3 Å². The molecule has 1 saturated carbocycles. The highest BCUT2D eigenvalue weighted by molar-refractivity contribution is 7.92. The quantitative estimate of drug-likeness (QED) is 0.287. The monoisotopic (exact) mass is 605 g/mol. The fraction of sp³-hybridized carbons (Fsp3) is 0.412. The van der Waals surface area contributed by atoms with E-state index in [-0.39, 0.29) is 23.4 Å². The number of ether oxygens (including phenoxy) is 1. The second kappa shape index (κ2) is 14.1. The topological polar surface area (TPSA) is 96.0 Å². The number of hydrogen-bond donors (Lipinski definition) is 1. The van der Waals surface area contributed by atoms with Crippen LogP contribution in [0.5, 0.6) is 5.75 Å². The minimum absolute atomic E-state index is 0.0870. The molecule has 0 radical (unpaired) electrons. The third-order valence-corrected chi connectivity index (χ3v) is 9.74. The number of hydrogen-bond acceptors (Lipinski definition) is 5. The van der Waals surface area contributed by atoms with Crippen molar-refractivity contribution in [3.63, 3.8) is 0 Å². The third-order valence-electron chi connectivity index (χ3n) is 7.96. The van der Waals surface area contributed by atoms with Crippen molar-refractivity contribution < 1.29 is 22.7 Å². The van der Waals surface area contributed by atoms with Gasteiger partial charge < -0.3 is 15.0 Å². The second-order valence-corrected chi connectivity index (χ2v) is 13.3. The molecular weight excluding hydrogens is 562 g/mol. The van der Waals surface area contributed by atoms with E-state index in [2.05, 4.69) is 5.32 Å². The summed E-state index contributed by atoms with van der Waals surface area (Å²) in [6.07, 6.45) is 4.34. The normalized spacial score (nSPS) is 14.3. The third kappa shape index (κ3) is 7.96. The van der Waals surface area contributed by atoms with Gasteiger partial charge in [-0.3, -0.25) is 13.9 Å². The summed E-state index contributed by atoms with van der Waals surface area (Å²) in [4.78, 5) is 29.6. The lowest BCUT2D eigenvalue weighted by atomic mass is 10.1. The number of amides is 2. The molecule has 0 aliphatic heterocycles. The minimum Gasteiger partial charge on any atom is -0.497 e. The average Bonchev–Trinajstić information content (AvgIpc) is 3.48. The Morgan fingerprint density at radius 3 is 2.19 bits per heavy atom. The van der Waals surface area contributed by atoms with Crippen molar-refractivity contribution in [1.82, 2.24) is 10.2 Å². The number of methoxy groups -OCH3 is 1. The van der Waals surface area contributed by atoms with Crippen LogP contribution in [0.15, 0.2) is 71.6 Å². The molecule has 9 heteroatoms. The fourth-order valence-electron chi connectivity index (χ4n) is 5.72. The van der Waals surface area contributed by atoms with E-state index in [1.807, 2.05) is 58.0 Å². The molecule has 0 aromatic heterocycles.